The van der Waals surface area contributed by atoms with E-state index in [-0.39, 0.29) is 0 Å². The minimum atomic E-state index is 0.997. The van der Waals surface area contributed by atoms with E-state index in [4.69, 9.17) is 4.42 Å². The van der Waals surface area contributed by atoms with Gasteiger partial charge in [-0.1, -0.05) is 0 Å². The van der Waals surface area contributed by atoms with Crippen molar-refractivity contribution in [2.75, 3.05) is 0 Å². The van der Waals surface area contributed by atoms with Crippen LogP contribution in [0.1, 0.15) is 11.1 Å². The lowest BCUT2D eigenvalue weighted by atomic mass is 10.1. The lowest BCUT2D eigenvalue weighted by molar-refractivity contribution is 0.613. The average Bonchev–Trinajstić information content (AvgIpc) is 2.71. The zero-order valence-corrected chi connectivity index (χ0v) is 8.94. The van der Waals surface area contributed by atoms with E-state index in [1.807, 2.05) is 6.26 Å². The zero-order valence-electron chi connectivity index (χ0n) is 8.13. The van der Waals surface area contributed by atoms with Gasteiger partial charge in [-0.25, -0.2) is 0 Å². The van der Waals surface area contributed by atoms with Crippen molar-refractivity contribution in [3.63, 3.8) is 0 Å². The highest BCUT2D eigenvalue weighted by atomic mass is 32.1. The fourth-order valence-electron chi connectivity index (χ4n) is 1.80. The Morgan fingerprint density at radius 2 is 1.93 bits per heavy atom. The second-order valence-electron chi connectivity index (χ2n) is 3.68. The SMILES string of the molecule is Cc1coc2cc3scc(C)c3cc12. The number of hydrogen-bond donors (Lipinski definition) is 0. The zero-order chi connectivity index (χ0) is 9.71. The first-order valence-electron chi connectivity index (χ1n) is 4.61. The molecular weight excluding hydrogens is 192 g/mol. The first kappa shape index (κ1) is 8.06. The van der Waals surface area contributed by atoms with Crippen molar-refractivity contribution >= 4 is 32.4 Å². The molecule has 0 saturated heterocycles. The van der Waals surface area contributed by atoms with Crippen LogP contribution in [-0.4, -0.2) is 0 Å². The first-order chi connectivity index (χ1) is 6.75. The fourth-order valence-corrected chi connectivity index (χ4v) is 2.76. The number of rotatable bonds is 0. The summed E-state index contributed by atoms with van der Waals surface area (Å²) in [6.45, 7) is 4.24. The molecule has 0 aliphatic rings. The van der Waals surface area contributed by atoms with E-state index in [2.05, 4.69) is 31.4 Å². The van der Waals surface area contributed by atoms with Gasteiger partial charge in [0.05, 0.1) is 6.26 Å². The Balaban J connectivity index is 2.57. The molecule has 70 valence electrons. The van der Waals surface area contributed by atoms with Crippen molar-refractivity contribution in [1.82, 2.24) is 0 Å². The molecule has 1 aromatic carbocycles. The first-order valence-corrected chi connectivity index (χ1v) is 5.49. The Morgan fingerprint density at radius 1 is 1.07 bits per heavy atom. The summed E-state index contributed by atoms with van der Waals surface area (Å²) in [5.74, 6) is 0. The van der Waals surface area contributed by atoms with E-state index in [0.717, 1.165) is 5.58 Å². The van der Waals surface area contributed by atoms with Crippen molar-refractivity contribution in [2.45, 2.75) is 13.8 Å². The van der Waals surface area contributed by atoms with Gasteiger partial charge in [-0.15, -0.1) is 11.3 Å². The summed E-state index contributed by atoms with van der Waals surface area (Å²) in [6.07, 6.45) is 1.82. The molecule has 0 atom stereocenters. The Bertz CT molecular complexity index is 564. The second-order valence-corrected chi connectivity index (χ2v) is 4.59. The predicted octanol–water partition coefficient (Wildman–Crippen LogP) is 4.26. The summed E-state index contributed by atoms with van der Waals surface area (Å²) in [5.41, 5.74) is 3.57. The topological polar surface area (TPSA) is 13.1 Å². The van der Waals surface area contributed by atoms with Crippen molar-refractivity contribution in [3.05, 3.63) is 34.9 Å². The summed E-state index contributed by atoms with van der Waals surface area (Å²) in [6, 6.07) is 4.37. The monoisotopic (exact) mass is 202 g/mol. The highest BCUT2D eigenvalue weighted by Gasteiger charge is 2.06. The van der Waals surface area contributed by atoms with Crippen LogP contribution in [0.15, 0.2) is 28.2 Å². The molecule has 0 bridgehead atoms. The maximum absolute atomic E-state index is 5.47. The van der Waals surface area contributed by atoms with Crippen LogP contribution in [0.3, 0.4) is 0 Å². The van der Waals surface area contributed by atoms with E-state index in [1.54, 1.807) is 11.3 Å². The predicted molar refractivity (Wildman–Crippen MR) is 61.1 cm³/mol. The third-order valence-corrected chi connectivity index (χ3v) is 3.72. The van der Waals surface area contributed by atoms with Crippen LogP contribution in [0.25, 0.3) is 21.1 Å². The van der Waals surface area contributed by atoms with Gasteiger partial charge in [0.1, 0.15) is 5.58 Å². The Morgan fingerprint density at radius 3 is 2.79 bits per heavy atom. The van der Waals surface area contributed by atoms with Crippen LogP contribution < -0.4 is 0 Å². The summed E-state index contributed by atoms with van der Waals surface area (Å²) < 4.78 is 6.78. The molecule has 0 aliphatic carbocycles. The van der Waals surface area contributed by atoms with E-state index < -0.39 is 0 Å². The van der Waals surface area contributed by atoms with E-state index >= 15 is 0 Å². The maximum atomic E-state index is 5.47. The van der Waals surface area contributed by atoms with Crippen molar-refractivity contribution in [3.8, 4) is 0 Å². The van der Waals surface area contributed by atoms with E-state index in [0.29, 0.717) is 0 Å². The molecule has 0 spiro atoms. The van der Waals surface area contributed by atoms with Gasteiger partial charge in [-0.05, 0) is 47.9 Å². The van der Waals surface area contributed by atoms with Crippen LogP contribution in [0.2, 0.25) is 0 Å². The molecule has 0 fully saturated rings. The van der Waals surface area contributed by atoms with Gasteiger partial charge >= 0.3 is 0 Å². The van der Waals surface area contributed by atoms with Crippen molar-refractivity contribution < 1.29 is 4.42 Å². The molecule has 1 nitrogen and oxygen atoms in total. The summed E-state index contributed by atoms with van der Waals surface area (Å²) in [7, 11) is 0. The van der Waals surface area contributed by atoms with Crippen LogP contribution in [-0.2, 0) is 0 Å². The molecule has 0 amide bonds. The summed E-state index contributed by atoms with van der Waals surface area (Å²) in [5, 5.41) is 4.78. The Hall–Kier alpha value is -1.28. The van der Waals surface area contributed by atoms with Crippen molar-refractivity contribution in [1.29, 1.82) is 0 Å². The number of thiophene rings is 1. The van der Waals surface area contributed by atoms with Crippen LogP contribution in [0.5, 0.6) is 0 Å². The molecule has 0 unspecified atom stereocenters. The van der Waals surface area contributed by atoms with Crippen LogP contribution in [0, 0.1) is 13.8 Å². The van der Waals surface area contributed by atoms with Gasteiger partial charge < -0.3 is 4.42 Å². The standard InChI is InChI=1S/C12H10OS/c1-7-5-13-11-4-12-10(3-9(7)11)8(2)6-14-12/h3-6H,1-2H3. The van der Waals surface area contributed by atoms with Gasteiger partial charge in [0, 0.05) is 10.1 Å². The molecule has 3 aromatic rings. The number of aryl methyl sites for hydroxylation is 2. The fraction of sp³-hybridized carbons (Fsp3) is 0.167. The molecule has 14 heavy (non-hydrogen) atoms. The third-order valence-electron chi connectivity index (χ3n) is 2.66. The molecule has 0 N–H and O–H groups in total. The lowest BCUT2D eigenvalue weighted by Gasteiger charge is -1.93. The molecular formula is C12H10OS. The number of fused-ring (bicyclic) bond motifs is 2. The van der Waals surface area contributed by atoms with Crippen LogP contribution >= 0.6 is 11.3 Å². The summed E-state index contributed by atoms with van der Waals surface area (Å²) in [4.78, 5) is 0. The molecule has 0 aliphatic heterocycles. The maximum Gasteiger partial charge on any atom is 0.135 e. The Labute approximate surface area is 86.0 Å². The number of furan rings is 1. The highest BCUT2D eigenvalue weighted by Crippen LogP contribution is 2.31. The smallest absolute Gasteiger partial charge is 0.135 e. The largest absolute Gasteiger partial charge is 0.464 e. The Kier molecular flexibility index (Phi) is 1.50. The van der Waals surface area contributed by atoms with Crippen molar-refractivity contribution in [2.24, 2.45) is 0 Å². The number of hydrogen-bond acceptors (Lipinski definition) is 2. The van der Waals surface area contributed by atoms with Gasteiger partial charge in [0.25, 0.3) is 0 Å². The van der Waals surface area contributed by atoms with Gasteiger partial charge in [-0.3, -0.25) is 0 Å². The second kappa shape index (κ2) is 2.61. The molecule has 2 heteroatoms. The highest BCUT2D eigenvalue weighted by molar-refractivity contribution is 7.17. The molecule has 2 heterocycles. The van der Waals surface area contributed by atoms with E-state index in [9.17, 15) is 0 Å². The van der Waals surface area contributed by atoms with Crippen LogP contribution in [0.4, 0.5) is 0 Å². The molecule has 2 aromatic heterocycles. The van der Waals surface area contributed by atoms with Gasteiger partial charge in [0.2, 0.25) is 0 Å². The number of benzene rings is 1. The minimum absolute atomic E-state index is 0.997. The lowest BCUT2D eigenvalue weighted by Crippen LogP contribution is -1.70. The molecule has 0 radical (unpaired) electrons. The quantitative estimate of drug-likeness (QED) is 0.530. The summed E-state index contributed by atoms with van der Waals surface area (Å²) >= 11 is 1.78. The van der Waals surface area contributed by atoms with Gasteiger partial charge in [0.15, 0.2) is 0 Å². The van der Waals surface area contributed by atoms with E-state index in [1.165, 1.54) is 26.6 Å². The van der Waals surface area contributed by atoms with Gasteiger partial charge in [-0.2, -0.15) is 0 Å². The minimum Gasteiger partial charge on any atom is -0.464 e. The average molecular weight is 202 g/mol. The molecule has 0 saturated carbocycles. The normalized spacial score (nSPS) is 11.6. The third kappa shape index (κ3) is 0.946. The molecule has 3 rings (SSSR count).